The Morgan fingerprint density at radius 2 is 1.88 bits per heavy atom. The molecule has 1 aromatic carbocycles. The van der Waals surface area contributed by atoms with Crippen LogP contribution in [0.3, 0.4) is 0 Å². The number of amides is 1. The maximum Gasteiger partial charge on any atom is 0.251 e. The molecule has 1 amide bonds. The molecule has 0 bridgehead atoms. The van der Waals surface area contributed by atoms with Gasteiger partial charge in [0.2, 0.25) is 0 Å². The number of hydrogen-bond acceptors (Lipinski definition) is 4. The van der Waals surface area contributed by atoms with Crippen LogP contribution in [0.5, 0.6) is 11.5 Å². The Labute approximate surface area is 156 Å². The van der Waals surface area contributed by atoms with Crippen LogP contribution in [0.1, 0.15) is 51.4 Å². The van der Waals surface area contributed by atoms with E-state index in [0.29, 0.717) is 47.3 Å². The second-order valence-corrected chi connectivity index (χ2v) is 6.93. The van der Waals surface area contributed by atoms with Crippen LogP contribution in [0.2, 0.25) is 5.02 Å². The number of methoxy groups -OCH3 is 1. The van der Waals surface area contributed by atoms with Gasteiger partial charge >= 0.3 is 0 Å². The number of carbonyl (C=O) groups excluding carboxylic acids is 1. The molecule has 0 aliphatic carbocycles. The van der Waals surface area contributed by atoms with Crippen molar-refractivity contribution in [2.24, 2.45) is 0 Å². The largest absolute Gasteiger partial charge is 0.493 e. The molecule has 0 spiro atoms. The Morgan fingerprint density at radius 1 is 1.24 bits per heavy atom. The number of ether oxygens (including phenoxy) is 2. The van der Waals surface area contributed by atoms with Crippen LogP contribution in [0.4, 0.5) is 0 Å². The summed E-state index contributed by atoms with van der Waals surface area (Å²) in [5.74, 6) is 0.778. The Kier molecular flexibility index (Phi) is 9.08. The SMILES string of the molecule is CCCOc1c(Cl)cc(C(=O)NCCN(C(C)C)C(C)C)cc1OC. The van der Waals surface area contributed by atoms with Gasteiger partial charge in [-0.2, -0.15) is 0 Å². The fourth-order valence-electron chi connectivity index (χ4n) is 2.71. The van der Waals surface area contributed by atoms with Crippen molar-refractivity contribution in [1.82, 2.24) is 10.2 Å². The van der Waals surface area contributed by atoms with E-state index in [9.17, 15) is 4.79 Å². The van der Waals surface area contributed by atoms with E-state index in [0.717, 1.165) is 13.0 Å². The molecule has 142 valence electrons. The minimum absolute atomic E-state index is 0.172. The number of rotatable bonds is 10. The normalized spacial score (nSPS) is 11.3. The van der Waals surface area contributed by atoms with E-state index < -0.39 is 0 Å². The fraction of sp³-hybridized carbons (Fsp3) is 0.632. The third kappa shape index (κ3) is 6.40. The van der Waals surface area contributed by atoms with Crippen LogP contribution in [-0.2, 0) is 0 Å². The first-order chi connectivity index (χ1) is 11.8. The molecule has 0 aliphatic rings. The molecule has 25 heavy (non-hydrogen) atoms. The van der Waals surface area contributed by atoms with Crippen LogP contribution in [0, 0.1) is 0 Å². The van der Waals surface area contributed by atoms with Crippen molar-refractivity contribution in [3.05, 3.63) is 22.7 Å². The Bertz CT molecular complexity index is 554. The van der Waals surface area contributed by atoms with E-state index in [4.69, 9.17) is 21.1 Å². The van der Waals surface area contributed by atoms with Crippen molar-refractivity contribution in [1.29, 1.82) is 0 Å². The predicted molar refractivity (Wildman–Crippen MR) is 103 cm³/mol. The maximum absolute atomic E-state index is 12.4. The van der Waals surface area contributed by atoms with Crippen LogP contribution in [-0.4, -0.2) is 49.7 Å². The van der Waals surface area contributed by atoms with E-state index in [1.54, 1.807) is 12.1 Å². The lowest BCUT2D eigenvalue weighted by Gasteiger charge is -2.30. The van der Waals surface area contributed by atoms with E-state index in [1.165, 1.54) is 7.11 Å². The highest BCUT2D eigenvalue weighted by Crippen LogP contribution is 2.36. The highest BCUT2D eigenvalue weighted by atomic mass is 35.5. The van der Waals surface area contributed by atoms with E-state index in [1.807, 2.05) is 6.92 Å². The van der Waals surface area contributed by atoms with Gasteiger partial charge in [0.25, 0.3) is 5.91 Å². The molecular weight excluding hydrogens is 340 g/mol. The average Bonchev–Trinajstić information content (AvgIpc) is 2.55. The summed E-state index contributed by atoms with van der Waals surface area (Å²) in [5, 5.41) is 3.32. The summed E-state index contributed by atoms with van der Waals surface area (Å²) < 4.78 is 10.9. The van der Waals surface area contributed by atoms with Crippen LogP contribution in [0.15, 0.2) is 12.1 Å². The zero-order chi connectivity index (χ0) is 19.0. The third-order valence-electron chi connectivity index (χ3n) is 3.92. The molecule has 1 aromatic rings. The lowest BCUT2D eigenvalue weighted by atomic mass is 10.2. The number of benzene rings is 1. The monoisotopic (exact) mass is 370 g/mol. The highest BCUT2D eigenvalue weighted by Gasteiger charge is 2.17. The molecule has 0 saturated carbocycles. The van der Waals surface area contributed by atoms with Crippen molar-refractivity contribution in [3.63, 3.8) is 0 Å². The van der Waals surface area contributed by atoms with Gasteiger partial charge in [-0.15, -0.1) is 0 Å². The molecule has 0 aliphatic heterocycles. The molecule has 1 rings (SSSR count). The summed E-state index contributed by atoms with van der Waals surface area (Å²) in [6.45, 7) is 12.5. The smallest absolute Gasteiger partial charge is 0.251 e. The first-order valence-electron chi connectivity index (χ1n) is 8.86. The second-order valence-electron chi connectivity index (χ2n) is 6.52. The second kappa shape index (κ2) is 10.5. The summed E-state index contributed by atoms with van der Waals surface area (Å²) in [7, 11) is 1.54. The zero-order valence-electron chi connectivity index (χ0n) is 16.2. The van der Waals surface area contributed by atoms with Gasteiger partial charge in [0.15, 0.2) is 11.5 Å². The van der Waals surface area contributed by atoms with Crippen molar-refractivity contribution in [2.45, 2.75) is 53.1 Å². The topological polar surface area (TPSA) is 50.8 Å². The summed E-state index contributed by atoms with van der Waals surface area (Å²) in [5.41, 5.74) is 0.464. The quantitative estimate of drug-likeness (QED) is 0.676. The zero-order valence-corrected chi connectivity index (χ0v) is 16.9. The molecule has 6 heteroatoms. The van der Waals surface area contributed by atoms with Crippen molar-refractivity contribution < 1.29 is 14.3 Å². The van der Waals surface area contributed by atoms with Gasteiger partial charge < -0.3 is 14.8 Å². The van der Waals surface area contributed by atoms with Gasteiger partial charge in [-0.3, -0.25) is 9.69 Å². The van der Waals surface area contributed by atoms with Gasteiger partial charge in [0.05, 0.1) is 18.7 Å². The highest BCUT2D eigenvalue weighted by molar-refractivity contribution is 6.32. The van der Waals surface area contributed by atoms with Crippen LogP contribution < -0.4 is 14.8 Å². The van der Waals surface area contributed by atoms with Crippen LogP contribution in [0.25, 0.3) is 0 Å². The summed E-state index contributed by atoms with van der Waals surface area (Å²) >= 11 is 6.27. The summed E-state index contributed by atoms with van der Waals surface area (Å²) in [6, 6.07) is 4.14. The van der Waals surface area contributed by atoms with E-state index in [2.05, 4.69) is 37.9 Å². The number of nitrogens with one attached hydrogen (secondary N) is 1. The predicted octanol–water partition coefficient (Wildman–Crippen LogP) is 3.99. The number of carbonyl (C=O) groups is 1. The molecule has 1 N–H and O–H groups in total. The summed E-state index contributed by atoms with van der Waals surface area (Å²) in [6.07, 6.45) is 0.865. The van der Waals surface area contributed by atoms with Gasteiger partial charge in [0, 0.05) is 30.7 Å². The Balaban J connectivity index is 2.77. The molecule has 0 saturated heterocycles. The molecule has 0 unspecified atom stereocenters. The van der Waals surface area contributed by atoms with Crippen LogP contribution >= 0.6 is 11.6 Å². The van der Waals surface area contributed by atoms with Gasteiger partial charge in [-0.1, -0.05) is 18.5 Å². The molecule has 0 radical (unpaired) electrons. The molecule has 0 aromatic heterocycles. The number of halogens is 1. The third-order valence-corrected chi connectivity index (χ3v) is 4.21. The number of nitrogens with zero attached hydrogens (tertiary/aromatic N) is 1. The number of hydrogen-bond donors (Lipinski definition) is 1. The molecule has 5 nitrogen and oxygen atoms in total. The average molecular weight is 371 g/mol. The minimum Gasteiger partial charge on any atom is -0.493 e. The Hall–Kier alpha value is -1.46. The van der Waals surface area contributed by atoms with Gasteiger partial charge in [0.1, 0.15) is 0 Å². The van der Waals surface area contributed by atoms with Gasteiger partial charge in [-0.25, -0.2) is 0 Å². The van der Waals surface area contributed by atoms with Gasteiger partial charge in [-0.05, 0) is 46.2 Å². The van der Waals surface area contributed by atoms with E-state index >= 15 is 0 Å². The lowest BCUT2D eigenvalue weighted by Crippen LogP contribution is -2.42. The molecule has 0 atom stereocenters. The molecule has 0 fully saturated rings. The molecular formula is C19H31ClN2O3. The fourth-order valence-corrected chi connectivity index (χ4v) is 2.97. The first kappa shape index (κ1) is 21.6. The maximum atomic E-state index is 12.4. The van der Waals surface area contributed by atoms with Crippen molar-refractivity contribution in [2.75, 3.05) is 26.8 Å². The van der Waals surface area contributed by atoms with Crippen molar-refractivity contribution in [3.8, 4) is 11.5 Å². The minimum atomic E-state index is -0.172. The summed E-state index contributed by atoms with van der Waals surface area (Å²) in [4.78, 5) is 14.8. The Morgan fingerprint density at radius 3 is 2.40 bits per heavy atom. The van der Waals surface area contributed by atoms with E-state index in [-0.39, 0.29) is 5.91 Å². The first-order valence-corrected chi connectivity index (χ1v) is 9.23. The van der Waals surface area contributed by atoms with Crippen molar-refractivity contribution >= 4 is 17.5 Å². The molecule has 0 heterocycles. The lowest BCUT2D eigenvalue weighted by molar-refractivity contribution is 0.0939. The standard InChI is InChI=1S/C19H31ClN2O3/c1-7-10-25-18-16(20)11-15(12-17(18)24-6)19(23)21-8-9-22(13(2)3)14(4)5/h11-14H,7-10H2,1-6H3,(H,21,23).